The van der Waals surface area contributed by atoms with Gasteiger partial charge in [-0.05, 0) is 41.8 Å². The summed E-state index contributed by atoms with van der Waals surface area (Å²) in [4.78, 5) is 4.04. The molecule has 2 nitrogen and oxygen atoms in total. The molecule has 1 aromatic heterocycles. The van der Waals surface area contributed by atoms with Crippen molar-refractivity contribution >= 4 is 27.8 Å². The molecule has 2 N–H and O–H groups in total. The molecule has 0 atom stereocenters. The maximum absolute atomic E-state index is 5.52. The molecule has 0 aliphatic heterocycles. The summed E-state index contributed by atoms with van der Waals surface area (Å²) in [6.45, 7) is 0. The Balaban J connectivity index is 1.97. The molecule has 0 saturated carbocycles. The first-order valence-electron chi connectivity index (χ1n) is 5.36. The number of benzene rings is 1. The Bertz CT molecular complexity index is 501. The van der Waals surface area contributed by atoms with Gasteiger partial charge < -0.3 is 5.73 Å². The Morgan fingerprint density at radius 3 is 2.53 bits per heavy atom. The number of nitrogens with two attached hydrogens (primary N) is 1. The van der Waals surface area contributed by atoms with E-state index < -0.39 is 0 Å². The average molecular weight is 289 g/mol. The topological polar surface area (TPSA) is 38.9 Å². The van der Waals surface area contributed by atoms with Gasteiger partial charge in [0.1, 0.15) is 5.82 Å². The Morgan fingerprint density at radius 2 is 1.88 bits per heavy atom. The molecule has 0 fully saturated rings. The Morgan fingerprint density at radius 1 is 1.12 bits per heavy atom. The molecule has 0 aliphatic carbocycles. The Labute approximate surface area is 109 Å². The number of hydrogen-bond donors (Lipinski definition) is 1. The summed E-state index contributed by atoms with van der Waals surface area (Å²) < 4.78 is 1.10. The van der Waals surface area contributed by atoms with Crippen LogP contribution >= 0.6 is 15.9 Å². The van der Waals surface area contributed by atoms with Crippen molar-refractivity contribution in [1.82, 2.24) is 4.98 Å². The predicted octanol–water partition coefficient (Wildman–Crippen LogP) is 3.68. The third kappa shape index (κ3) is 3.71. The van der Waals surface area contributed by atoms with Crippen LogP contribution < -0.4 is 5.73 Å². The second-order valence-corrected chi connectivity index (χ2v) is 4.67. The molecule has 17 heavy (non-hydrogen) atoms. The molecule has 1 heterocycles. The van der Waals surface area contributed by atoms with E-state index >= 15 is 0 Å². The first-order chi connectivity index (χ1) is 8.24. The largest absolute Gasteiger partial charge is 0.384 e. The molecule has 0 spiro atoms. The van der Waals surface area contributed by atoms with Crippen LogP contribution in [-0.4, -0.2) is 4.98 Å². The minimum absolute atomic E-state index is 0.551. The third-order valence-electron chi connectivity index (χ3n) is 2.39. The molecule has 2 rings (SSSR count). The van der Waals surface area contributed by atoms with Crippen LogP contribution in [0.2, 0.25) is 0 Å². The zero-order chi connectivity index (χ0) is 12.1. The Kier molecular flexibility index (Phi) is 3.94. The van der Waals surface area contributed by atoms with Gasteiger partial charge in [0.05, 0.1) is 0 Å². The van der Waals surface area contributed by atoms with Gasteiger partial charge in [-0.25, -0.2) is 4.98 Å². The highest BCUT2D eigenvalue weighted by Crippen LogP contribution is 2.11. The average Bonchev–Trinajstić information content (AvgIpc) is 2.34. The Hall–Kier alpha value is -1.61. The lowest BCUT2D eigenvalue weighted by Crippen LogP contribution is -1.88. The van der Waals surface area contributed by atoms with E-state index in [1.807, 2.05) is 18.2 Å². The van der Waals surface area contributed by atoms with Gasteiger partial charge in [0.15, 0.2) is 0 Å². The molecule has 2 aromatic rings. The molecular formula is C14H13BrN2. The van der Waals surface area contributed by atoms with E-state index in [0.29, 0.717) is 5.82 Å². The van der Waals surface area contributed by atoms with Crippen LogP contribution in [0.25, 0.3) is 6.08 Å². The summed E-state index contributed by atoms with van der Waals surface area (Å²) in [5.41, 5.74) is 7.87. The molecule has 0 bridgehead atoms. The van der Waals surface area contributed by atoms with Crippen LogP contribution in [0.5, 0.6) is 0 Å². The minimum Gasteiger partial charge on any atom is -0.384 e. The molecule has 0 aliphatic rings. The number of nitrogens with zero attached hydrogens (tertiary/aromatic N) is 1. The highest BCUT2D eigenvalue weighted by atomic mass is 79.9. The fraction of sp³-hybridized carbons (Fsp3) is 0.0714. The van der Waals surface area contributed by atoms with Gasteiger partial charge >= 0.3 is 0 Å². The monoisotopic (exact) mass is 288 g/mol. The predicted molar refractivity (Wildman–Crippen MR) is 75.5 cm³/mol. The van der Waals surface area contributed by atoms with E-state index in [9.17, 15) is 0 Å². The lowest BCUT2D eigenvalue weighted by atomic mass is 10.1. The standard InChI is InChI=1S/C14H13BrN2/c15-13-7-4-11(5-8-13)2-1-3-12-6-9-14(16)17-10-12/h1,3-10H,2H2,(H2,16,17). The normalized spacial score (nSPS) is 10.9. The summed E-state index contributed by atoms with van der Waals surface area (Å²) in [5.74, 6) is 0.551. The quantitative estimate of drug-likeness (QED) is 0.936. The molecular weight excluding hydrogens is 276 g/mol. The summed E-state index contributed by atoms with van der Waals surface area (Å²) in [6.07, 6.45) is 6.86. The number of nitrogen functional groups attached to an aromatic ring is 1. The van der Waals surface area contributed by atoms with E-state index in [0.717, 1.165) is 16.5 Å². The molecule has 0 unspecified atom stereocenters. The summed E-state index contributed by atoms with van der Waals surface area (Å²) in [7, 11) is 0. The van der Waals surface area contributed by atoms with Crippen LogP contribution in [0.3, 0.4) is 0 Å². The smallest absolute Gasteiger partial charge is 0.123 e. The van der Waals surface area contributed by atoms with Crippen molar-refractivity contribution < 1.29 is 0 Å². The van der Waals surface area contributed by atoms with Gasteiger partial charge in [0.2, 0.25) is 0 Å². The minimum atomic E-state index is 0.551. The van der Waals surface area contributed by atoms with Gasteiger partial charge in [-0.1, -0.05) is 40.2 Å². The maximum atomic E-state index is 5.52. The van der Waals surface area contributed by atoms with E-state index in [4.69, 9.17) is 5.73 Å². The zero-order valence-corrected chi connectivity index (χ0v) is 10.9. The molecule has 0 saturated heterocycles. The number of aromatic nitrogens is 1. The first kappa shape index (κ1) is 11.9. The van der Waals surface area contributed by atoms with Crippen LogP contribution in [0.4, 0.5) is 5.82 Å². The summed E-state index contributed by atoms with van der Waals surface area (Å²) >= 11 is 3.42. The van der Waals surface area contributed by atoms with Crippen LogP contribution in [0.1, 0.15) is 11.1 Å². The van der Waals surface area contributed by atoms with Gasteiger partial charge in [-0.2, -0.15) is 0 Å². The lowest BCUT2D eigenvalue weighted by molar-refractivity contribution is 1.27. The lowest BCUT2D eigenvalue weighted by Gasteiger charge is -1.97. The number of anilines is 1. The molecule has 3 heteroatoms. The van der Waals surface area contributed by atoms with Gasteiger partial charge in [-0.3, -0.25) is 0 Å². The van der Waals surface area contributed by atoms with Crippen molar-refractivity contribution in [2.75, 3.05) is 5.73 Å². The zero-order valence-electron chi connectivity index (χ0n) is 9.31. The summed E-state index contributed by atoms with van der Waals surface area (Å²) in [6, 6.07) is 12.1. The first-order valence-corrected chi connectivity index (χ1v) is 6.16. The third-order valence-corrected chi connectivity index (χ3v) is 2.92. The molecule has 86 valence electrons. The van der Waals surface area contributed by atoms with Gasteiger partial charge in [-0.15, -0.1) is 0 Å². The molecule has 0 amide bonds. The van der Waals surface area contributed by atoms with Crippen LogP contribution in [-0.2, 0) is 6.42 Å². The number of pyridine rings is 1. The second kappa shape index (κ2) is 5.64. The summed E-state index contributed by atoms with van der Waals surface area (Å²) in [5, 5.41) is 0. The van der Waals surface area contributed by atoms with E-state index in [1.165, 1.54) is 5.56 Å². The van der Waals surface area contributed by atoms with Crippen molar-refractivity contribution in [3.8, 4) is 0 Å². The van der Waals surface area contributed by atoms with Crippen molar-refractivity contribution in [3.63, 3.8) is 0 Å². The van der Waals surface area contributed by atoms with E-state index in [-0.39, 0.29) is 0 Å². The number of rotatable bonds is 3. The van der Waals surface area contributed by atoms with Gasteiger partial charge in [0, 0.05) is 10.7 Å². The van der Waals surface area contributed by atoms with Crippen molar-refractivity contribution in [2.45, 2.75) is 6.42 Å². The fourth-order valence-electron chi connectivity index (χ4n) is 1.47. The van der Waals surface area contributed by atoms with Gasteiger partial charge in [0.25, 0.3) is 0 Å². The molecule has 0 radical (unpaired) electrons. The highest BCUT2D eigenvalue weighted by molar-refractivity contribution is 9.10. The molecule has 1 aromatic carbocycles. The fourth-order valence-corrected chi connectivity index (χ4v) is 1.73. The van der Waals surface area contributed by atoms with Crippen molar-refractivity contribution in [1.29, 1.82) is 0 Å². The van der Waals surface area contributed by atoms with Crippen molar-refractivity contribution in [3.05, 3.63) is 64.3 Å². The highest BCUT2D eigenvalue weighted by Gasteiger charge is 1.91. The number of hydrogen-bond acceptors (Lipinski definition) is 2. The second-order valence-electron chi connectivity index (χ2n) is 3.75. The van der Waals surface area contributed by atoms with Crippen molar-refractivity contribution in [2.24, 2.45) is 0 Å². The van der Waals surface area contributed by atoms with Crippen LogP contribution in [0.15, 0.2) is 53.1 Å². The number of allylic oxidation sites excluding steroid dienone is 1. The van der Waals surface area contributed by atoms with E-state index in [1.54, 1.807) is 12.3 Å². The SMILES string of the molecule is Nc1ccc(C=CCc2ccc(Br)cc2)cn1. The number of halogens is 1. The van der Waals surface area contributed by atoms with Crippen LogP contribution in [0, 0.1) is 0 Å². The maximum Gasteiger partial charge on any atom is 0.123 e. The van der Waals surface area contributed by atoms with E-state index in [2.05, 4.69) is 45.2 Å².